The topological polar surface area (TPSA) is 102 Å². The average molecular weight is 704 g/mol. The summed E-state index contributed by atoms with van der Waals surface area (Å²) in [6.07, 6.45) is -8.86. The summed E-state index contributed by atoms with van der Waals surface area (Å²) in [5.41, 5.74) is 3.25. The number of carbonyl (C=O) groups excluding carboxylic acids is 1. The fraction of sp³-hybridized carbons (Fsp3) is 0.394. The summed E-state index contributed by atoms with van der Waals surface area (Å²) in [7, 11) is 0. The lowest BCUT2D eigenvalue weighted by Crippen LogP contribution is -2.55. The molecular weight excluding hydrogens is 668 g/mol. The number of piperazine rings is 1. The van der Waals surface area contributed by atoms with Gasteiger partial charge in [0.25, 0.3) is 5.91 Å². The highest BCUT2D eigenvalue weighted by Gasteiger charge is 2.38. The van der Waals surface area contributed by atoms with Crippen molar-refractivity contribution in [2.45, 2.75) is 45.2 Å². The third-order valence-corrected chi connectivity index (χ3v) is 7.81. The third kappa shape index (κ3) is 10.0. The monoisotopic (exact) mass is 703 g/mol. The molecule has 1 aliphatic heterocycles. The Morgan fingerprint density at radius 3 is 2.27 bits per heavy atom. The number of hydrogen-bond donors (Lipinski definition) is 3. The largest absolute Gasteiger partial charge is 0.493 e. The van der Waals surface area contributed by atoms with Crippen LogP contribution in [-0.4, -0.2) is 78.6 Å². The number of benzene rings is 3. The van der Waals surface area contributed by atoms with Crippen LogP contribution in [0.4, 0.5) is 32.0 Å². The zero-order valence-corrected chi connectivity index (χ0v) is 26.9. The SMILES string of the molecule is CCOc1ccccc1-c1ccc(N2CCN(C(=O)c3ccc(C(F)(F)F)cc3Cl)C[C@H]2CC)c(CNCCO)c1.O=C(O)C(F)(F)F. The van der Waals surface area contributed by atoms with Crippen LogP contribution in [0.2, 0.25) is 5.02 Å². The van der Waals surface area contributed by atoms with Crippen LogP contribution in [0.3, 0.4) is 0 Å². The number of aliphatic hydroxyl groups excluding tert-OH is 1. The normalized spacial score (nSPS) is 15.1. The number of hydrogen-bond acceptors (Lipinski definition) is 6. The van der Waals surface area contributed by atoms with E-state index in [-0.39, 0.29) is 29.1 Å². The predicted octanol–water partition coefficient (Wildman–Crippen LogP) is 6.88. The van der Waals surface area contributed by atoms with Gasteiger partial charge in [-0.15, -0.1) is 0 Å². The van der Waals surface area contributed by atoms with E-state index in [1.807, 2.05) is 38.1 Å². The lowest BCUT2D eigenvalue weighted by atomic mass is 9.98. The number of nitrogens with one attached hydrogen (secondary N) is 1. The lowest BCUT2D eigenvalue weighted by Gasteiger charge is -2.43. The Morgan fingerprint density at radius 1 is 1.00 bits per heavy atom. The van der Waals surface area contributed by atoms with Gasteiger partial charge in [0, 0.05) is 50.0 Å². The van der Waals surface area contributed by atoms with Crippen LogP contribution < -0.4 is 15.0 Å². The molecule has 0 radical (unpaired) electrons. The smallest absolute Gasteiger partial charge is 0.490 e. The molecule has 3 aromatic rings. The number of rotatable bonds is 10. The molecule has 0 aromatic heterocycles. The fourth-order valence-electron chi connectivity index (χ4n) is 5.21. The molecule has 3 N–H and O–H groups in total. The van der Waals surface area contributed by atoms with Crippen molar-refractivity contribution in [3.05, 3.63) is 82.4 Å². The van der Waals surface area contributed by atoms with Gasteiger partial charge in [-0.3, -0.25) is 4.79 Å². The lowest BCUT2D eigenvalue weighted by molar-refractivity contribution is -0.192. The maximum Gasteiger partial charge on any atom is 0.490 e. The first-order chi connectivity index (χ1) is 22.6. The molecule has 1 saturated heterocycles. The number of halogens is 7. The molecule has 1 fully saturated rings. The van der Waals surface area contributed by atoms with Crippen molar-refractivity contribution in [2.24, 2.45) is 0 Å². The van der Waals surface area contributed by atoms with Crippen molar-refractivity contribution in [1.82, 2.24) is 10.2 Å². The number of anilines is 1. The first-order valence-electron chi connectivity index (χ1n) is 15.0. The van der Waals surface area contributed by atoms with Gasteiger partial charge in [-0.25, -0.2) is 4.79 Å². The molecule has 0 bridgehead atoms. The number of carboxylic acid groups (broad SMARTS) is 1. The highest BCUT2D eigenvalue weighted by molar-refractivity contribution is 6.33. The summed E-state index contributed by atoms with van der Waals surface area (Å²) in [5.74, 6) is -2.33. The van der Waals surface area contributed by atoms with E-state index in [0.717, 1.165) is 52.7 Å². The second-order valence-corrected chi connectivity index (χ2v) is 11.1. The quantitative estimate of drug-likeness (QED) is 0.156. The number of carbonyl (C=O) groups is 2. The number of para-hydroxylation sites is 1. The van der Waals surface area contributed by atoms with E-state index in [1.54, 1.807) is 4.90 Å². The summed E-state index contributed by atoms with van der Waals surface area (Å²) in [5, 5.41) is 19.5. The number of aliphatic hydroxyl groups is 1. The van der Waals surface area contributed by atoms with E-state index in [4.69, 9.17) is 26.2 Å². The van der Waals surface area contributed by atoms with Gasteiger partial charge >= 0.3 is 18.3 Å². The maximum atomic E-state index is 13.3. The molecule has 1 atom stereocenters. The molecule has 3 aromatic carbocycles. The minimum absolute atomic E-state index is 0.0147. The van der Waals surface area contributed by atoms with Gasteiger partial charge in [-0.1, -0.05) is 42.8 Å². The molecule has 0 saturated carbocycles. The van der Waals surface area contributed by atoms with Crippen molar-refractivity contribution in [1.29, 1.82) is 0 Å². The number of alkyl halides is 6. The first kappa shape index (κ1) is 38.4. The predicted molar refractivity (Wildman–Crippen MR) is 169 cm³/mol. The van der Waals surface area contributed by atoms with Crippen molar-refractivity contribution < 1.29 is 50.9 Å². The number of ether oxygens (including phenoxy) is 1. The van der Waals surface area contributed by atoms with Crippen LogP contribution in [0.15, 0.2) is 60.7 Å². The Hall–Kier alpha value is -4.01. The van der Waals surface area contributed by atoms with Crippen LogP contribution in [0.25, 0.3) is 11.1 Å². The van der Waals surface area contributed by atoms with E-state index in [2.05, 4.69) is 28.4 Å². The summed E-state index contributed by atoms with van der Waals surface area (Å²) in [6, 6.07) is 17.0. The standard InChI is InChI=1S/C31H35ClF3N3O3.C2HF3O2/c1-3-24-20-37(30(40)26-11-10-23(18-27(26)32)31(33,34)35)14-15-38(24)28-12-9-21(17-22(28)19-36-13-16-39)25-7-5-6-8-29(25)41-4-2;3-2(4,5)1(6)7/h5-12,17-18,24,36,39H,3-4,13-16,19-20H2,1-2H3;(H,6,7)/t24-;/m1./s1. The molecule has 4 rings (SSSR count). The van der Waals surface area contributed by atoms with Gasteiger partial charge in [0.1, 0.15) is 5.75 Å². The van der Waals surface area contributed by atoms with Gasteiger partial charge in [0.05, 0.1) is 29.4 Å². The molecule has 0 unspecified atom stereocenters. The Morgan fingerprint density at radius 2 is 1.69 bits per heavy atom. The number of aliphatic carboxylic acids is 1. The Kier molecular flexibility index (Phi) is 13.5. The van der Waals surface area contributed by atoms with Gasteiger partial charge in [0.2, 0.25) is 0 Å². The summed E-state index contributed by atoms with van der Waals surface area (Å²) in [6.45, 7) is 6.91. The second kappa shape index (κ2) is 16.9. The first-order valence-corrected chi connectivity index (χ1v) is 15.4. The van der Waals surface area contributed by atoms with E-state index in [0.29, 0.717) is 39.3 Å². The maximum absolute atomic E-state index is 13.3. The van der Waals surface area contributed by atoms with E-state index < -0.39 is 23.9 Å². The van der Waals surface area contributed by atoms with Gasteiger partial charge in [-0.05, 0) is 60.9 Å². The van der Waals surface area contributed by atoms with Crippen LogP contribution in [0.1, 0.15) is 41.8 Å². The third-order valence-electron chi connectivity index (χ3n) is 7.50. The fourth-order valence-corrected chi connectivity index (χ4v) is 5.47. The average Bonchev–Trinajstić information content (AvgIpc) is 3.04. The van der Waals surface area contributed by atoms with Gasteiger partial charge in [-0.2, -0.15) is 26.3 Å². The number of carboxylic acids is 1. The molecule has 0 aliphatic carbocycles. The molecule has 262 valence electrons. The van der Waals surface area contributed by atoms with Crippen LogP contribution >= 0.6 is 11.6 Å². The van der Waals surface area contributed by atoms with Crippen LogP contribution in [0.5, 0.6) is 5.75 Å². The Labute approximate surface area is 278 Å². The van der Waals surface area contributed by atoms with Crippen LogP contribution in [-0.2, 0) is 17.5 Å². The zero-order chi connectivity index (χ0) is 35.6. The van der Waals surface area contributed by atoms with Crippen molar-refractivity contribution in [3.63, 3.8) is 0 Å². The summed E-state index contributed by atoms with van der Waals surface area (Å²) in [4.78, 5) is 26.2. The van der Waals surface area contributed by atoms with Crippen molar-refractivity contribution in [3.8, 4) is 16.9 Å². The Balaban J connectivity index is 0.000000804. The summed E-state index contributed by atoms with van der Waals surface area (Å²) >= 11 is 6.13. The molecule has 1 heterocycles. The zero-order valence-electron chi connectivity index (χ0n) is 26.2. The highest BCUT2D eigenvalue weighted by Crippen LogP contribution is 2.36. The minimum Gasteiger partial charge on any atom is -0.493 e. The molecule has 1 aliphatic rings. The molecule has 15 heteroatoms. The van der Waals surface area contributed by atoms with Crippen molar-refractivity contribution in [2.75, 3.05) is 44.3 Å². The van der Waals surface area contributed by atoms with Gasteiger partial charge < -0.3 is 30.1 Å². The van der Waals surface area contributed by atoms with E-state index >= 15 is 0 Å². The number of amides is 1. The molecule has 1 amide bonds. The van der Waals surface area contributed by atoms with Crippen molar-refractivity contribution >= 4 is 29.2 Å². The Bertz CT molecular complexity index is 1550. The summed E-state index contributed by atoms with van der Waals surface area (Å²) < 4.78 is 76.8. The molecule has 8 nitrogen and oxygen atoms in total. The highest BCUT2D eigenvalue weighted by atomic mass is 35.5. The minimum atomic E-state index is -5.08. The molecule has 48 heavy (non-hydrogen) atoms. The van der Waals surface area contributed by atoms with E-state index in [9.17, 15) is 36.2 Å². The molecular formula is C33H36ClF6N3O5. The second-order valence-electron chi connectivity index (χ2n) is 10.7. The van der Waals surface area contributed by atoms with Crippen LogP contribution in [0, 0.1) is 0 Å². The molecule has 0 spiro atoms. The number of nitrogens with zero attached hydrogens (tertiary/aromatic N) is 2. The van der Waals surface area contributed by atoms with Gasteiger partial charge in [0.15, 0.2) is 0 Å². The van der Waals surface area contributed by atoms with E-state index in [1.165, 1.54) is 0 Å².